The van der Waals surface area contributed by atoms with Crippen molar-refractivity contribution in [1.82, 2.24) is 9.62 Å². The third-order valence-corrected chi connectivity index (χ3v) is 6.26. The first kappa shape index (κ1) is 27.7. The van der Waals surface area contributed by atoms with Crippen LogP contribution in [0.3, 0.4) is 0 Å². The molecule has 0 atom stereocenters. The first-order valence-corrected chi connectivity index (χ1v) is 12.4. The minimum atomic E-state index is -3.95. The number of hydrogen-bond donors (Lipinski definition) is 1. The molecule has 0 fully saturated rings. The van der Waals surface area contributed by atoms with Gasteiger partial charge in [0.2, 0.25) is 10.0 Å². The van der Waals surface area contributed by atoms with Crippen molar-refractivity contribution in [2.45, 2.75) is 46.4 Å². The fraction of sp³-hybridized carbons (Fsp3) is 0.619. The molecule has 1 N–H and O–H groups in total. The second kappa shape index (κ2) is 12.0. The molecule has 7 nitrogen and oxygen atoms in total. The lowest BCUT2D eigenvalue weighted by molar-refractivity contribution is -0.135. The third-order valence-electron chi connectivity index (χ3n) is 4.06. The van der Waals surface area contributed by atoms with Crippen molar-refractivity contribution in [1.29, 1.82) is 0 Å². The maximum Gasteiger partial charge on any atom is 0.340 e. The van der Waals surface area contributed by atoms with Crippen LogP contribution >= 0.6 is 23.2 Å². The molecule has 1 amide bonds. The van der Waals surface area contributed by atoms with Gasteiger partial charge < -0.3 is 9.64 Å². The Morgan fingerprint density at radius 2 is 1.52 bits per heavy atom. The van der Waals surface area contributed by atoms with E-state index < -0.39 is 22.6 Å². The highest BCUT2D eigenvalue weighted by molar-refractivity contribution is 7.89. The molecule has 0 bridgehead atoms. The molecule has 1 aromatic rings. The van der Waals surface area contributed by atoms with Crippen LogP contribution < -0.4 is 4.72 Å². The zero-order chi connectivity index (χ0) is 23.9. The normalized spacial score (nSPS) is 12.0. The Balaban J connectivity index is 3.02. The van der Waals surface area contributed by atoms with E-state index in [4.69, 9.17) is 27.9 Å². The monoisotopic (exact) mass is 494 g/mol. The molecular formula is C21H32Cl2N2O5S. The minimum Gasteiger partial charge on any atom is -0.452 e. The lowest BCUT2D eigenvalue weighted by Gasteiger charge is -2.26. The van der Waals surface area contributed by atoms with Crippen molar-refractivity contribution in [3.8, 4) is 0 Å². The van der Waals surface area contributed by atoms with Gasteiger partial charge in [-0.25, -0.2) is 17.9 Å². The molecule has 0 radical (unpaired) electrons. The Bertz CT molecular complexity index is 876. The van der Waals surface area contributed by atoms with Crippen LogP contribution in [0.25, 0.3) is 0 Å². The molecule has 0 aromatic heterocycles. The van der Waals surface area contributed by atoms with Gasteiger partial charge in [0.1, 0.15) is 4.90 Å². The largest absolute Gasteiger partial charge is 0.452 e. The Morgan fingerprint density at radius 1 is 0.968 bits per heavy atom. The summed E-state index contributed by atoms with van der Waals surface area (Å²) in [5.74, 6) is -0.627. The number of rotatable bonds is 11. The van der Waals surface area contributed by atoms with Crippen LogP contribution in [-0.4, -0.2) is 51.4 Å². The smallest absolute Gasteiger partial charge is 0.340 e. The average molecular weight is 495 g/mol. The molecule has 0 aliphatic carbocycles. The summed E-state index contributed by atoms with van der Waals surface area (Å²) in [6.07, 6.45) is 0. The van der Waals surface area contributed by atoms with E-state index in [1.54, 1.807) is 4.90 Å². The van der Waals surface area contributed by atoms with Gasteiger partial charge in [-0.2, -0.15) is 0 Å². The van der Waals surface area contributed by atoms with Gasteiger partial charge in [0.25, 0.3) is 5.91 Å². The Labute approximate surface area is 195 Å². The third kappa shape index (κ3) is 8.96. The predicted molar refractivity (Wildman–Crippen MR) is 123 cm³/mol. The van der Waals surface area contributed by atoms with Crippen LogP contribution in [0.2, 0.25) is 10.0 Å². The summed E-state index contributed by atoms with van der Waals surface area (Å²) in [7, 11) is -3.95. The van der Waals surface area contributed by atoms with Gasteiger partial charge in [-0.05, 0) is 29.9 Å². The van der Waals surface area contributed by atoms with E-state index in [9.17, 15) is 18.0 Å². The molecule has 0 spiro atoms. The minimum absolute atomic E-state index is 0.0634. The first-order chi connectivity index (χ1) is 14.2. The van der Waals surface area contributed by atoms with Crippen molar-refractivity contribution in [2.75, 3.05) is 26.2 Å². The number of nitrogens with zero attached hydrogens (tertiary/aromatic N) is 1. The maximum atomic E-state index is 12.6. The average Bonchev–Trinajstić information content (AvgIpc) is 2.62. The van der Waals surface area contributed by atoms with Crippen molar-refractivity contribution in [3.63, 3.8) is 0 Å². The van der Waals surface area contributed by atoms with E-state index in [-0.39, 0.29) is 50.7 Å². The van der Waals surface area contributed by atoms with Crippen LogP contribution in [0.5, 0.6) is 0 Å². The van der Waals surface area contributed by atoms with Gasteiger partial charge in [0.05, 0.1) is 15.6 Å². The van der Waals surface area contributed by atoms with E-state index in [0.717, 1.165) is 6.07 Å². The summed E-state index contributed by atoms with van der Waals surface area (Å²) in [5.41, 5.74) is -0.178. The van der Waals surface area contributed by atoms with Crippen LogP contribution in [-0.2, 0) is 19.6 Å². The molecule has 1 aromatic carbocycles. The van der Waals surface area contributed by atoms with Crippen molar-refractivity contribution < 1.29 is 22.7 Å². The number of carbonyl (C=O) groups is 2. The molecule has 176 valence electrons. The van der Waals surface area contributed by atoms with Crippen molar-refractivity contribution in [3.05, 3.63) is 27.7 Å². The molecule has 0 unspecified atom stereocenters. The SMILES string of the molecule is CC(C)CNS(=O)(=O)c1cc(C(=O)OCC(=O)N(CC(C)C)CC(C)C)c(Cl)cc1Cl. The number of hydrogen-bond acceptors (Lipinski definition) is 5. The molecule has 0 aliphatic heterocycles. The van der Waals surface area contributed by atoms with E-state index in [1.807, 2.05) is 41.5 Å². The highest BCUT2D eigenvalue weighted by Gasteiger charge is 2.25. The van der Waals surface area contributed by atoms with Gasteiger partial charge in [0, 0.05) is 19.6 Å². The van der Waals surface area contributed by atoms with Crippen LogP contribution in [0.4, 0.5) is 0 Å². The molecule has 0 heterocycles. The molecule has 0 aliphatic rings. The van der Waals surface area contributed by atoms with Gasteiger partial charge in [-0.3, -0.25) is 4.79 Å². The van der Waals surface area contributed by atoms with E-state index >= 15 is 0 Å². The van der Waals surface area contributed by atoms with Gasteiger partial charge in [-0.15, -0.1) is 0 Å². The fourth-order valence-electron chi connectivity index (χ4n) is 2.70. The van der Waals surface area contributed by atoms with Crippen LogP contribution in [0.15, 0.2) is 17.0 Å². The van der Waals surface area contributed by atoms with E-state index in [2.05, 4.69) is 4.72 Å². The zero-order valence-corrected chi connectivity index (χ0v) is 21.2. The van der Waals surface area contributed by atoms with E-state index in [0.29, 0.717) is 13.1 Å². The first-order valence-electron chi connectivity index (χ1n) is 10.2. The lowest BCUT2D eigenvalue weighted by Crippen LogP contribution is -2.39. The molecule has 31 heavy (non-hydrogen) atoms. The maximum absolute atomic E-state index is 12.6. The number of nitrogens with one attached hydrogen (secondary N) is 1. The number of halogens is 2. The lowest BCUT2D eigenvalue weighted by atomic mass is 10.1. The number of carbonyl (C=O) groups excluding carboxylic acids is 2. The molecule has 10 heteroatoms. The summed E-state index contributed by atoms with van der Waals surface area (Å²) < 4.78 is 32.7. The topological polar surface area (TPSA) is 92.8 Å². The van der Waals surface area contributed by atoms with E-state index in [1.165, 1.54) is 6.07 Å². The highest BCUT2D eigenvalue weighted by atomic mass is 35.5. The number of sulfonamides is 1. The highest BCUT2D eigenvalue weighted by Crippen LogP contribution is 2.29. The van der Waals surface area contributed by atoms with Crippen LogP contribution in [0.1, 0.15) is 51.9 Å². The Hall–Kier alpha value is -1.35. The predicted octanol–water partition coefficient (Wildman–Crippen LogP) is 4.23. The zero-order valence-electron chi connectivity index (χ0n) is 18.9. The van der Waals surface area contributed by atoms with Crippen LogP contribution in [0, 0.1) is 17.8 Å². The molecule has 1 rings (SSSR count). The number of ether oxygens (including phenoxy) is 1. The number of benzene rings is 1. The molecular weight excluding hydrogens is 463 g/mol. The van der Waals surface area contributed by atoms with Crippen molar-refractivity contribution in [2.24, 2.45) is 17.8 Å². The molecule has 0 saturated carbocycles. The molecule has 0 saturated heterocycles. The number of amides is 1. The standard InChI is InChI=1S/C21H32Cl2N2O5S/c1-13(2)9-24-31(28,29)19-7-16(17(22)8-18(19)23)21(27)30-12-20(26)25(10-14(3)4)11-15(5)6/h7-8,13-15,24H,9-12H2,1-6H3. The fourth-order valence-corrected chi connectivity index (χ4v) is 4.76. The summed E-state index contributed by atoms with van der Waals surface area (Å²) in [4.78, 5) is 26.5. The van der Waals surface area contributed by atoms with Gasteiger partial charge in [-0.1, -0.05) is 64.7 Å². The summed E-state index contributed by atoms with van der Waals surface area (Å²) in [5, 5.41) is -0.180. The number of esters is 1. The second-order valence-corrected chi connectivity index (χ2v) is 11.2. The summed E-state index contributed by atoms with van der Waals surface area (Å²) in [6.45, 7) is 12.5. The Kier molecular flexibility index (Phi) is 10.8. The van der Waals surface area contributed by atoms with Crippen molar-refractivity contribution >= 4 is 45.1 Å². The van der Waals surface area contributed by atoms with Gasteiger partial charge >= 0.3 is 5.97 Å². The second-order valence-electron chi connectivity index (χ2n) is 8.67. The quantitative estimate of drug-likeness (QED) is 0.464. The Morgan fingerprint density at radius 3 is 2.00 bits per heavy atom. The summed E-state index contributed by atoms with van der Waals surface area (Å²) in [6, 6.07) is 2.25. The van der Waals surface area contributed by atoms with Gasteiger partial charge in [0.15, 0.2) is 6.61 Å². The summed E-state index contributed by atoms with van der Waals surface area (Å²) >= 11 is 12.1.